The van der Waals surface area contributed by atoms with Gasteiger partial charge in [0.2, 0.25) is 4.74 Å². The fourth-order valence-corrected chi connectivity index (χ4v) is 4.48. The molecule has 0 saturated heterocycles. The second-order valence-electron chi connectivity index (χ2n) is 3.76. The predicted molar refractivity (Wildman–Crippen MR) is 77.5 cm³/mol. The number of allylic oxidation sites excluding steroid dienone is 1. The lowest BCUT2D eigenvalue weighted by molar-refractivity contribution is 1.40. The summed E-state index contributed by atoms with van der Waals surface area (Å²) in [5.74, 6) is 1.31. The van der Waals surface area contributed by atoms with Gasteiger partial charge in [0.25, 0.3) is 0 Å². The third kappa shape index (κ3) is 1.82. The van der Waals surface area contributed by atoms with E-state index in [1.807, 2.05) is 18.2 Å². The van der Waals surface area contributed by atoms with E-state index in [9.17, 15) is 4.79 Å². The van der Waals surface area contributed by atoms with Crippen molar-refractivity contribution in [2.24, 2.45) is 0 Å². The zero-order chi connectivity index (χ0) is 11.8. The van der Waals surface area contributed by atoms with Crippen molar-refractivity contribution in [3.05, 3.63) is 45.4 Å². The molecule has 2 aromatic rings. The molecule has 0 unspecified atom stereocenters. The molecule has 1 aromatic carbocycles. The molecule has 1 aliphatic heterocycles. The molecule has 0 atom stereocenters. The van der Waals surface area contributed by atoms with Crippen molar-refractivity contribution < 1.29 is 0 Å². The Morgan fingerprint density at radius 1 is 1.29 bits per heavy atom. The monoisotopic (exact) mass is 280 g/mol. The second kappa shape index (κ2) is 4.48. The molecular weight excluding hydrogens is 272 g/mol. The molecule has 0 amide bonds. The van der Waals surface area contributed by atoms with Gasteiger partial charge in [-0.15, -0.1) is 23.4 Å². The molecule has 0 aliphatic carbocycles. The second-order valence-corrected chi connectivity index (χ2v) is 6.08. The predicted octanol–water partition coefficient (Wildman–Crippen LogP) is 3.99. The Kier molecular flexibility index (Phi) is 2.99. The summed E-state index contributed by atoms with van der Waals surface area (Å²) in [5.41, 5.74) is 1.80. The number of hydrogen-bond acceptors (Lipinski definition) is 3. The molecule has 0 N–H and O–H groups in total. The normalized spacial score (nSPS) is 14.5. The molecule has 86 valence electrons. The van der Waals surface area contributed by atoms with Crippen LogP contribution in [0.3, 0.4) is 0 Å². The summed E-state index contributed by atoms with van der Waals surface area (Å²) in [6.07, 6.45) is 2.06. The van der Waals surface area contributed by atoms with Crippen LogP contribution in [0, 0.1) is 0 Å². The standard InChI is InChI=1S/C13H9ClOS2/c14-7-8-5-6-16-12-9-3-1-2-4-10(9)17-13(15)11(8)12/h1-5H,6-7H2. The van der Waals surface area contributed by atoms with Gasteiger partial charge in [-0.2, -0.15) is 0 Å². The number of rotatable bonds is 1. The molecule has 0 radical (unpaired) electrons. The Bertz CT molecular complexity index is 673. The maximum Gasteiger partial charge on any atom is 0.241 e. The minimum Gasteiger partial charge on any atom is -0.277 e. The van der Waals surface area contributed by atoms with Crippen LogP contribution in [0.5, 0.6) is 0 Å². The summed E-state index contributed by atoms with van der Waals surface area (Å²) >= 11 is 8.95. The molecule has 3 rings (SSSR count). The molecule has 17 heavy (non-hydrogen) atoms. The van der Waals surface area contributed by atoms with Crippen LogP contribution in [-0.2, 0) is 0 Å². The molecule has 1 aromatic heterocycles. The number of alkyl halides is 1. The number of hydrogen-bond donors (Lipinski definition) is 0. The van der Waals surface area contributed by atoms with Crippen LogP contribution in [0.15, 0.2) is 40.0 Å². The number of halogens is 1. The molecule has 0 fully saturated rings. The van der Waals surface area contributed by atoms with E-state index in [1.165, 1.54) is 16.7 Å². The van der Waals surface area contributed by atoms with E-state index in [4.69, 9.17) is 11.6 Å². The highest BCUT2D eigenvalue weighted by Gasteiger charge is 2.19. The van der Waals surface area contributed by atoms with Gasteiger partial charge in [0.1, 0.15) is 0 Å². The van der Waals surface area contributed by atoms with Gasteiger partial charge in [-0.1, -0.05) is 35.6 Å². The third-order valence-electron chi connectivity index (χ3n) is 2.79. The summed E-state index contributed by atoms with van der Waals surface area (Å²) in [7, 11) is 0. The topological polar surface area (TPSA) is 17.1 Å². The van der Waals surface area contributed by atoms with Crippen LogP contribution < -0.4 is 4.74 Å². The first-order valence-corrected chi connectivity index (χ1v) is 7.59. The lowest BCUT2D eigenvalue weighted by atomic mass is 10.1. The summed E-state index contributed by atoms with van der Waals surface area (Å²) in [5, 5.41) is 1.17. The zero-order valence-electron chi connectivity index (χ0n) is 8.90. The minimum absolute atomic E-state index is 0.123. The van der Waals surface area contributed by atoms with Gasteiger partial charge in [-0.05, 0) is 11.6 Å². The smallest absolute Gasteiger partial charge is 0.241 e. The Morgan fingerprint density at radius 3 is 2.94 bits per heavy atom. The lowest BCUT2D eigenvalue weighted by Gasteiger charge is -2.16. The highest BCUT2D eigenvalue weighted by molar-refractivity contribution is 7.99. The molecular formula is C13H9ClOS2. The first-order valence-electron chi connectivity index (χ1n) is 5.25. The van der Waals surface area contributed by atoms with Crippen LogP contribution in [-0.4, -0.2) is 11.6 Å². The number of fused-ring (bicyclic) bond motifs is 3. The van der Waals surface area contributed by atoms with Crippen molar-refractivity contribution in [1.82, 2.24) is 0 Å². The summed E-state index contributed by atoms with van der Waals surface area (Å²) in [6.45, 7) is 0. The Hall–Kier alpha value is -0.770. The maximum atomic E-state index is 12.2. The van der Waals surface area contributed by atoms with E-state index >= 15 is 0 Å². The van der Waals surface area contributed by atoms with Crippen LogP contribution in [0.1, 0.15) is 5.56 Å². The fourth-order valence-electron chi connectivity index (χ4n) is 2.00. The van der Waals surface area contributed by atoms with E-state index in [1.54, 1.807) is 11.8 Å². The number of thioether (sulfide) groups is 1. The van der Waals surface area contributed by atoms with E-state index < -0.39 is 0 Å². The quantitative estimate of drug-likeness (QED) is 0.735. The zero-order valence-corrected chi connectivity index (χ0v) is 11.3. The summed E-state index contributed by atoms with van der Waals surface area (Å²) in [6, 6.07) is 8.06. The van der Waals surface area contributed by atoms with Crippen LogP contribution in [0.4, 0.5) is 0 Å². The molecule has 0 bridgehead atoms. The summed E-state index contributed by atoms with van der Waals surface area (Å²) < 4.78 is 1.18. The van der Waals surface area contributed by atoms with E-state index in [0.717, 1.165) is 26.5 Å². The average Bonchev–Trinajstić information content (AvgIpc) is 2.38. The number of benzene rings is 1. The third-order valence-corrected chi connectivity index (χ3v) is 5.09. The Balaban J connectivity index is 2.43. The Morgan fingerprint density at radius 2 is 2.12 bits per heavy atom. The van der Waals surface area contributed by atoms with Gasteiger partial charge in [-0.3, -0.25) is 4.79 Å². The van der Waals surface area contributed by atoms with Gasteiger partial charge in [-0.25, -0.2) is 0 Å². The first-order chi connectivity index (χ1) is 8.31. The van der Waals surface area contributed by atoms with E-state index in [2.05, 4.69) is 12.1 Å². The molecule has 2 heterocycles. The van der Waals surface area contributed by atoms with E-state index in [-0.39, 0.29) is 4.74 Å². The van der Waals surface area contributed by atoms with Gasteiger partial charge in [0.15, 0.2) is 0 Å². The molecule has 4 heteroatoms. The van der Waals surface area contributed by atoms with Crippen LogP contribution >= 0.6 is 34.7 Å². The van der Waals surface area contributed by atoms with Crippen molar-refractivity contribution in [1.29, 1.82) is 0 Å². The molecule has 0 saturated carbocycles. The maximum absolute atomic E-state index is 12.2. The lowest BCUT2D eigenvalue weighted by Crippen LogP contribution is -2.10. The van der Waals surface area contributed by atoms with Gasteiger partial charge in [0, 0.05) is 26.6 Å². The molecule has 1 aliphatic rings. The van der Waals surface area contributed by atoms with Crippen molar-refractivity contribution in [2.45, 2.75) is 4.90 Å². The largest absolute Gasteiger partial charge is 0.277 e. The van der Waals surface area contributed by atoms with Crippen molar-refractivity contribution in [2.75, 3.05) is 11.6 Å². The average molecular weight is 281 g/mol. The van der Waals surface area contributed by atoms with Gasteiger partial charge in [0.05, 0.1) is 5.56 Å². The van der Waals surface area contributed by atoms with Crippen LogP contribution in [0.25, 0.3) is 15.7 Å². The highest BCUT2D eigenvalue weighted by atomic mass is 35.5. The SMILES string of the molecule is O=c1sc2ccccc2c2c1C(CCl)=CCS2. The van der Waals surface area contributed by atoms with Crippen molar-refractivity contribution in [3.63, 3.8) is 0 Å². The van der Waals surface area contributed by atoms with E-state index in [0.29, 0.717) is 5.88 Å². The van der Waals surface area contributed by atoms with Crippen molar-refractivity contribution in [3.8, 4) is 0 Å². The summed E-state index contributed by atoms with van der Waals surface area (Å²) in [4.78, 5) is 13.3. The van der Waals surface area contributed by atoms with Crippen LogP contribution in [0.2, 0.25) is 0 Å². The first kappa shape index (κ1) is 11.3. The fraction of sp³-hybridized carbons (Fsp3) is 0.154. The van der Waals surface area contributed by atoms with Gasteiger partial charge >= 0.3 is 0 Å². The molecule has 1 nitrogen and oxygen atoms in total. The Labute approximate surface area is 112 Å². The van der Waals surface area contributed by atoms with Crippen molar-refractivity contribution >= 4 is 50.4 Å². The van der Waals surface area contributed by atoms with Gasteiger partial charge < -0.3 is 0 Å². The highest BCUT2D eigenvalue weighted by Crippen LogP contribution is 2.38. The minimum atomic E-state index is 0.123. The molecule has 0 spiro atoms.